The average molecular weight is 354 g/mol. The summed E-state index contributed by atoms with van der Waals surface area (Å²) in [6, 6.07) is 11.0. The second kappa shape index (κ2) is 9.18. The monoisotopic (exact) mass is 354 g/mol. The summed E-state index contributed by atoms with van der Waals surface area (Å²) >= 11 is 0. The lowest BCUT2D eigenvalue weighted by atomic mass is 10.1. The molecule has 2 rings (SSSR count). The lowest BCUT2D eigenvalue weighted by Crippen LogP contribution is -2.07. The molecule has 134 valence electrons. The molecule has 0 N–H and O–H groups in total. The van der Waals surface area contributed by atoms with Gasteiger partial charge in [0.2, 0.25) is 0 Å². The number of nitro benzene ring substituents is 1. The van der Waals surface area contributed by atoms with Crippen molar-refractivity contribution in [3.8, 4) is 17.4 Å². The van der Waals surface area contributed by atoms with Gasteiger partial charge in [0.15, 0.2) is 0 Å². The molecule has 2 aromatic rings. The Morgan fingerprint density at radius 2 is 2.08 bits per heavy atom. The van der Waals surface area contributed by atoms with Crippen molar-refractivity contribution >= 4 is 17.7 Å². The van der Waals surface area contributed by atoms with Crippen molar-refractivity contribution in [3.63, 3.8) is 0 Å². The summed E-state index contributed by atoms with van der Waals surface area (Å²) in [5.74, 6) is -0.204. The highest BCUT2D eigenvalue weighted by Gasteiger charge is 2.18. The molecule has 0 bridgehead atoms. The summed E-state index contributed by atoms with van der Waals surface area (Å²) < 4.78 is 10.6. The quantitative estimate of drug-likeness (QED) is 0.173. The fraction of sp³-hybridized carbons (Fsp3) is 0.263. The van der Waals surface area contributed by atoms with Crippen LogP contribution in [0.25, 0.3) is 17.4 Å². The van der Waals surface area contributed by atoms with E-state index in [1.165, 1.54) is 18.2 Å². The Bertz CT molecular complexity index is 861. The van der Waals surface area contributed by atoms with Gasteiger partial charge >= 0.3 is 5.97 Å². The number of esters is 1. The molecule has 0 fully saturated rings. The standard InChI is InChI=1S/C19H18N2O5/c1-2-3-6-11-25-19(22)14(13-20)12-15-9-10-18(26-15)16-7-4-5-8-17(16)21(23)24/h4-5,7-10,12H,2-3,6,11H2,1H3/b14-12+. The zero-order chi connectivity index (χ0) is 18.9. The van der Waals surface area contributed by atoms with E-state index in [2.05, 4.69) is 0 Å². The van der Waals surface area contributed by atoms with Crippen molar-refractivity contribution in [2.45, 2.75) is 26.2 Å². The maximum atomic E-state index is 11.9. The highest BCUT2D eigenvalue weighted by molar-refractivity contribution is 5.97. The normalized spacial score (nSPS) is 11.0. The summed E-state index contributed by atoms with van der Waals surface area (Å²) in [6.07, 6.45) is 3.94. The zero-order valence-corrected chi connectivity index (χ0v) is 14.3. The molecule has 0 unspecified atom stereocenters. The van der Waals surface area contributed by atoms with E-state index in [0.29, 0.717) is 5.56 Å². The second-order valence-corrected chi connectivity index (χ2v) is 5.49. The number of unbranched alkanes of at least 4 members (excludes halogenated alkanes) is 2. The van der Waals surface area contributed by atoms with Gasteiger partial charge in [-0.05, 0) is 24.6 Å². The van der Waals surface area contributed by atoms with E-state index >= 15 is 0 Å². The van der Waals surface area contributed by atoms with Crippen molar-refractivity contribution in [1.29, 1.82) is 5.26 Å². The first-order valence-electron chi connectivity index (χ1n) is 8.19. The summed E-state index contributed by atoms with van der Waals surface area (Å²) in [5.41, 5.74) is 0.0379. The molecule has 1 heterocycles. The molecule has 7 nitrogen and oxygen atoms in total. The number of benzene rings is 1. The fourth-order valence-electron chi connectivity index (χ4n) is 2.29. The van der Waals surface area contributed by atoms with Gasteiger partial charge in [-0.3, -0.25) is 10.1 Å². The second-order valence-electron chi connectivity index (χ2n) is 5.49. The molecule has 0 spiro atoms. The van der Waals surface area contributed by atoms with Crippen molar-refractivity contribution in [3.05, 3.63) is 57.8 Å². The molecule has 0 aliphatic heterocycles. The number of hydrogen-bond donors (Lipinski definition) is 0. The maximum absolute atomic E-state index is 11.9. The third-order valence-corrected chi connectivity index (χ3v) is 3.60. The fourth-order valence-corrected chi connectivity index (χ4v) is 2.29. The smallest absolute Gasteiger partial charge is 0.349 e. The van der Waals surface area contributed by atoms with Crippen molar-refractivity contribution in [1.82, 2.24) is 0 Å². The number of ether oxygens (including phenoxy) is 1. The van der Waals surface area contributed by atoms with Gasteiger partial charge in [-0.1, -0.05) is 31.9 Å². The maximum Gasteiger partial charge on any atom is 0.349 e. The van der Waals surface area contributed by atoms with E-state index in [4.69, 9.17) is 14.4 Å². The molecule has 0 aliphatic rings. The molecule has 0 radical (unpaired) electrons. The van der Waals surface area contributed by atoms with E-state index in [1.807, 2.05) is 6.92 Å². The van der Waals surface area contributed by atoms with Gasteiger partial charge < -0.3 is 9.15 Å². The van der Waals surface area contributed by atoms with E-state index in [9.17, 15) is 14.9 Å². The van der Waals surface area contributed by atoms with E-state index in [1.54, 1.807) is 30.3 Å². The molecule has 0 saturated carbocycles. The molecule has 0 atom stereocenters. The SMILES string of the molecule is CCCCCOC(=O)/C(C#N)=C/c1ccc(-c2ccccc2[N+](=O)[O-])o1. The zero-order valence-electron chi connectivity index (χ0n) is 14.3. The van der Waals surface area contributed by atoms with Gasteiger partial charge in [-0.25, -0.2) is 4.79 Å². The van der Waals surface area contributed by atoms with Gasteiger partial charge in [-0.15, -0.1) is 0 Å². The van der Waals surface area contributed by atoms with Crippen LogP contribution in [0.4, 0.5) is 5.69 Å². The Morgan fingerprint density at radius 1 is 1.31 bits per heavy atom. The Kier molecular flexibility index (Phi) is 6.68. The first-order chi connectivity index (χ1) is 12.6. The highest BCUT2D eigenvalue weighted by atomic mass is 16.6. The minimum atomic E-state index is -0.716. The summed E-state index contributed by atoms with van der Waals surface area (Å²) in [4.78, 5) is 22.5. The number of hydrogen-bond acceptors (Lipinski definition) is 6. The molecule has 1 aromatic heterocycles. The summed E-state index contributed by atoms with van der Waals surface area (Å²) in [7, 11) is 0. The van der Waals surface area contributed by atoms with Crippen LogP contribution < -0.4 is 0 Å². The molecule has 0 aliphatic carbocycles. The molecular formula is C19H18N2O5. The topological polar surface area (TPSA) is 106 Å². The van der Waals surface area contributed by atoms with Crippen molar-refractivity contribution in [2.75, 3.05) is 6.61 Å². The molecule has 0 saturated heterocycles. The van der Waals surface area contributed by atoms with E-state index in [0.717, 1.165) is 19.3 Å². The predicted octanol–water partition coefficient (Wildman–Crippen LogP) is 4.50. The van der Waals surface area contributed by atoms with Gasteiger partial charge in [0.05, 0.1) is 17.1 Å². The van der Waals surface area contributed by atoms with Crippen LogP contribution in [0.3, 0.4) is 0 Å². The molecule has 1 aromatic carbocycles. The number of carbonyl (C=O) groups excluding carboxylic acids is 1. The Labute approximate surface area is 150 Å². The number of nitriles is 1. The van der Waals surface area contributed by atoms with Crippen LogP contribution in [0.15, 0.2) is 46.4 Å². The number of furan rings is 1. The van der Waals surface area contributed by atoms with Crippen LogP contribution in [-0.4, -0.2) is 17.5 Å². The Balaban J connectivity index is 2.18. The summed E-state index contributed by atoms with van der Waals surface area (Å²) in [6.45, 7) is 2.29. The Morgan fingerprint density at radius 3 is 2.77 bits per heavy atom. The first kappa shape index (κ1) is 18.9. The average Bonchev–Trinajstić information content (AvgIpc) is 3.11. The lowest BCUT2D eigenvalue weighted by Gasteiger charge is -2.02. The molecular weight excluding hydrogens is 336 g/mol. The van der Waals surface area contributed by atoms with Gasteiger partial charge in [-0.2, -0.15) is 5.26 Å². The first-order valence-corrected chi connectivity index (χ1v) is 8.19. The van der Waals surface area contributed by atoms with Crippen LogP contribution in [0.1, 0.15) is 31.9 Å². The van der Waals surface area contributed by atoms with Crippen LogP contribution in [-0.2, 0) is 9.53 Å². The predicted molar refractivity (Wildman–Crippen MR) is 94.9 cm³/mol. The number of para-hydroxylation sites is 1. The van der Waals surface area contributed by atoms with Crippen LogP contribution in [0.5, 0.6) is 0 Å². The third-order valence-electron chi connectivity index (χ3n) is 3.60. The lowest BCUT2D eigenvalue weighted by molar-refractivity contribution is -0.384. The molecule has 0 amide bonds. The van der Waals surface area contributed by atoms with Crippen LogP contribution in [0.2, 0.25) is 0 Å². The van der Waals surface area contributed by atoms with E-state index < -0.39 is 10.9 Å². The molecule has 26 heavy (non-hydrogen) atoms. The highest BCUT2D eigenvalue weighted by Crippen LogP contribution is 2.31. The number of rotatable bonds is 8. The minimum Gasteiger partial charge on any atom is -0.462 e. The van der Waals surface area contributed by atoms with Crippen LogP contribution in [0, 0.1) is 21.4 Å². The number of nitro groups is 1. The number of carbonyl (C=O) groups is 1. The van der Waals surface area contributed by atoms with Gasteiger partial charge in [0.1, 0.15) is 23.2 Å². The molecule has 7 heteroatoms. The number of nitrogens with zero attached hydrogens (tertiary/aromatic N) is 2. The van der Waals surface area contributed by atoms with Crippen LogP contribution >= 0.6 is 0 Å². The largest absolute Gasteiger partial charge is 0.462 e. The van der Waals surface area contributed by atoms with Crippen molar-refractivity contribution < 1.29 is 18.9 Å². The van der Waals surface area contributed by atoms with Crippen molar-refractivity contribution in [2.24, 2.45) is 0 Å². The van der Waals surface area contributed by atoms with Gasteiger partial charge in [0.25, 0.3) is 5.69 Å². The Hall–Kier alpha value is -3.40. The van der Waals surface area contributed by atoms with E-state index in [-0.39, 0.29) is 29.4 Å². The minimum absolute atomic E-state index is 0.0896. The summed E-state index contributed by atoms with van der Waals surface area (Å²) in [5, 5.41) is 20.3. The van der Waals surface area contributed by atoms with Gasteiger partial charge in [0, 0.05) is 12.1 Å². The third kappa shape index (κ3) is 4.80.